The lowest BCUT2D eigenvalue weighted by Gasteiger charge is -2.36. The highest BCUT2D eigenvalue weighted by molar-refractivity contribution is 7.16. The number of aliphatic carboxylic acids is 1. The minimum Gasteiger partial charge on any atom is -0.497 e. The van der Waals surface area contributed by atoms with Crippen LogP contribution in [0, 0.1) is 11.8 Å². The first-order chi connectivity index (χ1) is 15.0. The molecule has 8 heteroatoms. The second-order valence-electron chi connectivity index (χ2n) is 7.86. The van der Waals surface area contributed by atoms with Crippen LogP contribution < -0.4 is 10.1 Å². The fourth-order valence-electron chi connectivity index (χ4n) is 4.54. The molecule has 6 nitrogen and oxygen atoms in total. The van der Waals surface area contributed by atoms with Gasteiger partial charge in [-0.25, -0.2) is 0 Å². The van der Waals surface area contributed by atoms with Crippen LogP contribution in [0.15, 0.2) is 42.6 Å². The van der Waals surface area contributed by atoms with Crippen LogP contribution in [0.1, 0.15) is 41.8 Å². The number of hydrogen-bond acceptors (Lipinski definition) is 6. The summed E-state index contributed by atoms with van der Waals surface area (Å²) in [6, 6.07) is 10.8. The SMILES string of the molecule is COc1ccc2nccc([C@H](O)CC[C@@H]3CCN[C@H](c4ccc(Cl)s4)[C@@H]3C(=O)O)c2c1. The summed E-state index contributed by atoms with van der Waals surface area (Å²) < 4.78 is 5.97. The summed E-state index contributed by atoms with van der Waals surface area (Å²) in [7, 11) is 1.61. The molecule has 3 N–H and O–H groups in total. The third-order valence-corrected chi connectivity index (χ3v) is 7.40. The maximum Gasteiger partial charge on any atom is 0.308 e. The number of carbonyl (C=O) groups is 1. The van der Waals surface area contributed by atoms with Gasteiger partial charge >= 0.3 is 5.97 Å². The van der Waals surface area contributed by atoms with Crippen molar-refractivity contribution < 1.29 is 19.7 Å². The number of hydrogen-bond donors (Lipinski definition) is 3. The number of carboxylic acid groups (broad SMARTS) is 1. The molecule has 3 heterocycles. The van der Waals surface area contributed by atoms with E-state index >= 15 is 0 Å². The van der Waals surface area contributed by atoms with E-state index in [9.17, 15) is 15.0 Å². The van der Waals surface area contributed by atoms with Crippen molar-refractivity contribution in [3.05, 3.63) is 57.4 Å². The van der Waals surface area contributed by atoms with E-state index in [0.29, 0.717) is 22.9 Å². The molecule has 0 amide bonds. The number of halogens is 1. The van der Waals surface area contributed by atoms with Gasteiger partial charge in [0.25, 0.3) is 0 Å². The average molecular weight is 461 g/mol. The predicted octanol–water partition coefficient (Wildman–Crippen LogP) is 4.82. The first-order valence-corrected chi connectivity index (χ1v) is 11.5. The standard InChI is InChI=1S/C23H25ClN2O4S/c1-30-14-3-4-17-16(12-14)15(9-11-25-17)18(27)5-2-13-8-10-26-22(21(13)23(28)29)19-6-7-20(24)31-19/h3-4,6-7,9,11-13,18,21-22,26-27H,2,5,8,10H2,1H3,(H,28,29)/t13-,18-,21-,22-/m1/s1. The van der Waals surface area contributed by atoms with Crippen LogP contribution in [0.3, 0.4) is 0 Å². The van der Waals surface area contributed by atoms with Crippen LogP contribution in [0.25, 0.3) is 10.9 Å². The van der Waals surface area contributed by atoms with Gasteiger partial charge in [0, 0.05) is 16.5 Å². The highest BCUT2D eigenvalue weighted by Gasteiger charge is 2.39. The van der Waals surface area contributed by atoms with E-state index in [1.165, 1.54) is 11.3 Å². The maximum absolute atomic E-state index is 12.2. The van der Waals surface area contributed by atoms with Gasteiger partial charge < -0.3 is 20.3 Å². The molecule has 4 atom stereocenters. The van der Waals surface area contributed by atoms with Gasteiger partial charge in [0.15, 0.2) is 0 Å². The number of nitrogens with zero attached hydrogens (tertiary/aromatic N) is 1. The molecule has 0 spiro atoms. The van der Waals surface area contributed by atoms with Gasteiger partial charge in [0.1, 0.15) is 5.75 Å². The first-order valence-electron chi connectivity index (χ1n) is 10.3. The average Bonchev–Trinajstić information content (AvgIpc) is 3.22. The Balaban J connectivity index is 1.52. The Hall–Kier alpha value is -2.19. The Labute approximate surface area is 189 Å². The van der Waals surface area contributed by atoms with E-state index in [1.54, 1.807) is 19.4 Å². The second kappa shape index (κ2) is 9.53. The lowest BCUT2D eigenvalue weighted by atomic mass is 9.77. The molecule has 0 radical (unpaired) electrons. The van der Waals surface area contributed by atoms with Gasteiger partial charge in [-0.05, 0) is 73.7 Å². The fourth-order valence-corrected chi connectivity index (χ4v) is 5.72. The Bertz CT molecular complexity index is 1070. The summed E-state index contributed by atoms with van der Waals surface area (Å²) in [6.45, 7) is 0.736. The number of pyridine rings is 1. The Morgan fingerprint density at radius 2 is 2.19 bits per heavy atom. The molecule has 1 saturated heterocycles. The van der Waals surface area contributed by atoms with Crippen molar-refractivity contribution in [3.8, 4) is 5.75 Å². The van der Waals surface area contributed by atoms with Crippen LogP contribution in [-0.2, 0) is 4.79 Å². The molecule has 4 rings (SSSR count). The van der Waals surface area contributed by atoms with E-state index in [1.807, 2.05) is 30.3 Å². The number of fused-ring (bicyclic) bond motifs is 1. The monoisotopic (exact) mass is 460 g/mol. The van der Waals surface area contributed by atoms with E-state index in [2.05, 4.69) is 10.3 Å². The van der Waals surface area contributed by atoms with E-state index in [4.69, 9.17) is 16.3 Å². The number of carboxylic acids is 1. The van der Waals surface area contributed by atoms with Crippen LogP contribution in [0.5, 0.6) is 5.75 Å². The second-order valence-corrected chi connectivity index (χ2v) is 9.61. The normalized spacial score (nSPS) is 22.4. The first kappa shape index (κ1) is 22.0. The third-order valence-electron chi connectivity index (χ3n) is 6.08. The largest absolute Gasteiger partial charge is 0.497 e. The summed E-state index contributed by atoms with van der Waals surface area (Å²) >= 11 is 7.49. The van der Waals surface area contributed by atoms with Gasteiger partial charge in [-0.15, -0.1) is 11.3 Å². The van der Waals surface area contributed by atoms with Crippen molar-refractivity contribution in [2.24, 2.45) is 11.8 Å². The summed E-state index contributed by atoms with van der Waals surface area (Å²) in [5.74, 6) is -0.720. The zero-order valence-electron chi connectivity index (χ0n) is 17.1. The van der Waals surface area contributed by atoms with Crippen molar-refractivity contribution in [2.75, 3.05) is 13.7 Å². The lowest BCUT2D eigenvalue weighted by Crippen LogP contribution is -2.43. The molecule has 0 aliphatic carbocycles. The number of benzene rings is 1. The highest BCUT2D eigenvalue weighted by Crippen LogP contribution is 2.41. The number of thiophene rings is 1. The minimum atomic E-state index is -0.819. The molecule has 1 aliphatic rings. The number of piperidine rings is 1. The molecule has 164 valence electrons. The smallest absolute Gasteiger partial charge is 0.308 e. The molecular weight excluding hydrogens is 436 g/mol. The number of ether oxygens (including phenoxy) is 1. The fraction of sp³-hybridized carbons (Fsp3) is 0.391. The topological polar surface area (TPSA) is 91.7 Å². The molecule has 3 aromatic rings. The molecule has 1 fully saturated rings. The van der Waals surface area contributed by atoms with Crippen LogP contribution >= 0.6 is 22.9 Å². The molecule has 1 aromatic carbocycles. The van der Waals surface area contributed by atoms with Crippen LogP contribution in [0.2, 0.25) is 4.34 Å². The Morgan fingerprint density at radius 1 is 1.35 bits per heavy atom. The Kier molecular flexibility index (Phi) is 6.77. The van der Waals surface area contributed by atoms with E-state index < -0.39 is 18.0 Å². The van der Waals surface area contributed by atoms with Crippen molar-refractivity contribution in [2.45, 2.75) is 31.4 Å². The van der Waals surface area contributed by atoms with E-state index in [-0.39, 0.29) is 12.0 Å². The van der Waals surface area contributed by atoms with Crippen molar-refractivity contribution in [1.29, 1.82) is 0 Å². The molecule has 0 unspecified atom stereocenters. The summed E-state index contributed by atoms with van der Waals surface area (Å²) in [5.41, 5.74) is 1.57. The maximum atomic E-state index is 12.2. The number of rotatable bonds is 7. The molecule has 2 aromatic heterocycles. The highest BCUT2D eigenvalue weighted by atomic mass is 35.5. The summed E-state index contributed by atoms with van der Waals surface area (Å²) in [4.78, 5) is 17.5. The van der Waals surface area contributed by atoms with E-state index in [0.717, 1.165) is 34.3 Å². The van der Waals surface area contributed by atoms with Gasteiger partial charge in [-0.3, -0.25) is 9.78 Å². The number of nitrogens with one attached hydrogen (secondary N) is 1. The number of aromatic nitrogens is 1. The van der Waals surface area contributed by atoms with Crippen molar-refractivity contribution >= 4 is 39.8 Å². The van der Waals surface area contributed by atoms with Gasteiger partial charge in [0.05, 0.1) is 35.0 Å². The predicted molar refractivity (Wildman–Crippen MR) is 122 cm³/mol. The van der Waals surface area contributed by atoms with Crippen molar-refractivity contribution in [1.82, 2.24) is 10.3 Å². The van der Waals surface area contributed by atoms with Crippen LogP contribution in [-0.4, -0.2) is 34.8 Å². The zero-order valence-corrected chi connectivity index (χ0v) is 18.7. The number of aliphatic hydroxyl groups is 1. The quantitative estimate of drug-likeness (QED) is 0.468. The van der Waals surface area contributed by atoms with Crippen LogP contribution in [0.4, 0.5) is 0 Å². The zero-order chi connectivity index (χ0) is 22.0. The molecule has 31 heavy (non-hydrogen) atoms. The van der Waals surface area contributed by atoms with Gasteiger partial charge in [0.2, 0.25) is 0 Å². The number of methoxy groups -OCH3 is 1. The summed E-state index contributed by atoms with van der Waals surface area (Å²) in [5, 5.41) is 25.2. The number of aliphatic hydroxyl groups excluding tert-OH is 1. The molecular formula is C23H25ClN2O4S. The van der Waals surface area contributed by atoms with Gasteiger partial charge in [-0.1, -0.05) is 11.6 Å². The Morgan fingerprint density at radius 3 is 2.90 bits per heavy atom. The molecule has 0 saturated carbocycles. The lowest BCUT2D eigenvalue weighted by molar-refractivity contribution is -0.146. The molecule has 0 bridgehead atoms. The minimum absolute atomic E-state index is 0.0399. The van der Waals surface area contributed by atoms with Gasteiger partial charge in [-0.2, -0.15) is 0 Å². The van der Waals surface area contributed by atoms with Crippen molar-refractivity contribution in [3.63, 3.8) is 0 Å². The third kappa shape index (κ3) is 4.70. The summed E-state index contributed by atoms with van der Waals surface area (Å²) in [6.07, 6.45) is 2.82. The molecule has 1 aliphatic heterocycles.